The van der Waals surface area contributed by atoms with Crippen LogP contribution >= 0.6 is 0 Å². The molecular weight excluding hydrogens is 243 g/mol. The number of hydrogen-bond donors (Lipinski definition) is 1. The maximum atomic E-state index is 12.8. The average molecular weight is 266 g/mol. The Morgan fingerprint density at radius 2 is 1.84 bits per heavy atom. The van der Waals surface area contributed by atoms with E-state index in [2.05, 4.69) is 20.8 Å². The summed E-state index contributed by atoms with van der Waals surface area (Å²) in [7, 11) is 1.68. The van der Waals surface area contributed by atoms with Crippen molar-refractivity contribution in [2.24, 2.45) is 11.1 Å². The minimum Gasteiger partial charge on any atom is -0.327 e. The lowest BCUT2D eigenvalue weighted by molar-refractivity contribution is -0.118. The molecule has 0 radical (unpaired) electrons. The Labute approximate surface area is 114 Å². The van der Waals surface area contributed by atoms with E-state index in [1.165, 1.54) is 17.0 Å². The fourth-order valence-corrected chi connectivity index (χ4v) is 2.03. The van der Waals surface area contributed by atoms with E-state index < -0.39 is 0 Å². The Morgan fingerprint density at radius 3 is 2.32 bits per heavy atom. The molecule has 1 rings (SSSR count). The van der Waals surface area contributed by atoms with Crippen LogP contribution in [0.2, 0.25) is 0 Å². The molecule has 1 aromatic carbocycles. The number of amides is 1. The summed E-state index contributed by atoms with van der Waals surface area (Å²) in [5.41, 5.74) is 6.77. The van der Waals surface area contributed by atoms with Crippen LogP contribution in [0, 0.1) is 11.2 Å². The van der Waals surface area contributed by atoms with Gasteiger partial charge in [0.25, 0.3) is 0 Å². The molecule has 0 saturated carbocycles. The first-order chi connectivity index (χ1) is 8.69. The molecule has 0 aliphatic rings. The van der Waals surface area contributed by atoms with Crippen LogP contribution in [0.4, 0.5) is 10.1 Å². The molecule has 0 spiro atoms. The number of rotatable bonds is 4. The van der Waals surface area contributed by atoms with Gasteiger partial charge in [-0.05, 0) is 36.1 Å². The minimum atomic E-state index is -0.311. The summed E-state index contributed by atoms with van der Waals surface area (Å²) in [4.78, 5) is 13.6. The molecule has 2 N–H and O–H groups in total. The van der Waals surface area contributed by atoms with E-state index in [0.29, 0.717) is 12.1 Å². The van der Waals surface area contributed by atoms with Crippen molar-refractivity contribution < 1.29 is 9.18 Å². The number of carbonyl (C=O) groups excluding carboxylic acids is 1. The first-order valence-electron chi connectivity index (χ1n) is 6.47. The van der Waals surface area contributed by atoms with Crippen LogP contribution in [0.1, 0.15) is 33.6 Å². The Bertz CT molecular complexity index is 423. The van der Waals surface area contributed by atoms with Gasteiger partial charge in [-0.25, -0.2) is 4.39 Å². The van der Waals surface area contributed by atoms with E-state index in [0.717, 1.165) is 6.42 Å². The van der Waals surface area contributed by atoms with Crippen LogP contribution < -0.4 is 10.6 Å². The van der Waals surface area contributed by atoms with Gasteiger partial charge in [-0.15, -0.1) is 0 Å². The molecular formula is C15H23FN2O. The predicted molar refractivity (Wildman–Crippen MR) is 76.5 cm³/mol. The molecule has 106 valence electrons. The summed E-state index contributed by atoms with van der Waals surface area (Å²) >= 11 is 0. The third-order valence-corrected chi connectivity index (χ3v) is 2.90. The standard InChI is InChI=1S/C15H23FN2O/c1-15(2,3)10-12(17)9-14(19)18(4)13-7-5-11(16)6-8-13/h5-8,12H,9-10,17H2,1-4H3. The fraction of sp³-hybridized carbons (Fsp3) is 0.533. The van der Waals surface area contributed by atoms with E-state index in [4.69, 9.17) is 5.73 Å². The van der Waals surface area contributed by atoms with Gasteiger partial charge in [-0.1, -0.05) is 20.8 Å². The molecule has 4 heteroatoms. The van der Waals surface area contributed by atoms with Gasteiger partial charge in [0.15, 0.2) is 0 Å². The lowest BCUT2D eigenvalue weighted by Crippen LogP contribution is -2.35. The van der Waals surface area contributed by atoms with Crippen molar-refractivity contribution in [2.45, 2.75) is 39.7 Å². The van der Waals surface area contributed by atoms with E-state index in [1.54, 1.807) is 19.2 Å². The summed E-state index contributed by atoms with van der Waals surface area (Å²) in [6, 6.07) is 5.70. The molecule has 1 atom stereocenters. The third kappa shape index (κ3) is 5.39. The van der Waals surface area contributed by atoms with Crippen molar-refractivity contribution >= 4 is 11.6 Å². The van der Waals surface area contributed by atoms with Gasteiger partial charge in [0.2, 0.25) is 5.91 Å². The highest BCUT2D eigenvalue weighted by atomic mass is 19.1. The molecule has 0 aliphatic heterocycles. The predicted octanol–water partition coefficient (Wildman–Crippen LogP) is 2.94. The van der Waals surface area contributed by atoms with Gasteiger partial charge in [0, 0.05) is 25.2 Å². The highest BCUT2D eigenvalue weighted by molar-refractivity contribution is 5.93. The van der Waals surface area contributed by atoms with Crippen molar-refractivity contribution in [2.75, 3.05) is 11.9 Å². The van der Waals surface area contributed by atoms with Crippen molar-refractivity contribution in [3.63, 3.8) is 0 Å². The topological polar surface area (TPSA) is 46.3 Å². The fourth-order valence-electron chi connectivity index (χ4n) is 2.03. The molecule has 3 nitrogen and oxygen atoms in total. The summed E-state index contributed by atoms with van der Waals surface area (Å²) in [6.07, 6.45) is 1.08. The largest absolute Gasteiger partial charge is 0.327 e. The van der Waals surface area contributed by atoms with Crippen LogP contribution in [0.15, 0.2) is 24.3 Å². The maximum Gasteiger partial charge on any atom is 0.228 e. The Morgan fingerprint density at radius 1 is 1.32 bits per heavy atom. The number of hydrogen-bond acceptors (Lipinski definition) is 2. The minimum absolute atomic E-state index is 0.0524. The highest BCUT2D eigenvalue weighted by Crippen LogP contribution is 2.22. The molecule has 1 unspecified atom stereocenters. The SMILES string of the molecule is CN(C(=O)CC(N)CC(C)(C)C)c1ccc(F)cc1. The maximum absolute atomic E-state index is 12.8. The number of nitrogens with zero attached hydrogens (tertiary/aromatic N) is 1. The molecule has 0 aliphatic carbocycles. The first-order valence-corrected chi connectivity index (χ1v) is 6.47. The molecule has 0 aromatic heterocycles. The van der Waals surface area contributed by atoms with E-state index in [-0.39, 0.29) is 23.2 Å². The van der Waals surface area contributed by atoms with Crippen LogP contribution in [0.25, 0.3) is 0 Å². The Hall–Kier alpha value is -1.42. The lowest BCUT2D eigenvalue weighted by Gasteiger charge is -2.25. The van der Waals surface area contributed by atoms with E-state index in [9.17, 15) is 9.18 Å². The van der Waals surface area contributed by atoms with Crippen LogP contribution in [0.5, 0.6) is 0 Å². The second-order valence-electron chi connectivity index (χ2n) is 6.16. The molecule has 1 amide bonds. The number of nitrogens with two attached hydrogens (primary N) is 1. The van der Waals surface area contributed by atoms with Crippen molar-refractivity contribution in [1.82, 2.24) is 0 Å². The van der Waals surface area contributed by atoms with Gasteiger partial charge < -0.3 is 10.6 Å². The van der Waals surface area contributed by atoms with Gasteiger partial charge in [-0.2, -0.15) is 0 Å². The summed E-state index contributed by atoms with van der Waals surface area (Å²) in [6.45, 7) is 6.29. The van der Waals surface area contributed by atoms with E-state index in [1.807, 2.05) is 0 Å². The molecule has 19 heavy (non-hydrogen) atoms. The average Bonchev–Trinajstić information content (AvgIpc) is 2.26. The first kappa shape index (κ1) is 15.6. The molecule has 1 aromatic rings. The van der Waals surface area contributed by atoms with Crippen molar-refractivity contribution in [1.29, 1.82) is 0 Å². The number of anilines is 1. The zero-order chi connectivity index (χ0) is 14.6. The number of carbonyl (C=O) groups is 1. The Kier molecular flexibility index (Phi) is 5.06. The highest BCUT2D eigenvalue weighted by Gasteiger charge is 2.20. The van der Waals surface area contributed by atoms with Gasteiger partial charge in [0.1, 0.15) is 5.82 Å². The normalized spacial score (nSPS) is 13.2. The van der Waals surface area contributed by atoms with Crippen molar-refractivity contribution in [3.05, 3.63) is 30.1 Å². The zero-order valence-electron chi connectivity index (χ0n) is 12.1. The summed E-state index contributed by atoms with van der Waals surface area (Å²) < 4.78 is 12.8. The monoisotopic (exact) mass is 266 g/mol. The van der Waals surface area contributed by atoms with Gasteiger partial charge in [0.05, 0.1) is 0 Å². The summed E-state index contributed by atoms with van der Waals surface area (Å²) in [5, 5.41) is 0. The lowest BCUT2D eigenvalue weighted by atomic mass is 9.87. The second-order valence-corrected chi connectivity index (χ2v) is 6.16. The Balaban J connectivity index is 2.60. The molecule has 0 heterocycles. The quantitative estimate of drug-likeness (QED) is 0.910. The van der Waals surface area contributed by atoms with Crippen LogP contribution in [-0.4, -0.2) is 19.0 Å². The van der Waals surface area contributed by atoms with Crippen LogP contribution in [-0.2, 0) is 4.79 Å². The summed E-state index contributed by atoms with van der Waals surface area (Å²) in [5.74, 6) is -0.364. The van der Waals surface area contributed by atoms with Crippen molar-refractivity contribution in [3.8, 4) is 0 Å². The third-order valence-electron chi connectivity index (χ3n) is 2.90. The molecule has 0 bridgehead atoms. The second kappa shape index (κ2) is 6.15. The number of halogens is 1. The van der Waals surface area contributed by atoms with Gasteiger partial charge in [-0.3, -0.25) is 4.79 Å². The smallest absolute Gasteiger partial charge is 0.228 e. The van der Waals surface area contributed by atoms with E-state index >= 15 is 0 Å². The van der Waals surface area contributed by atoms with Crippen LogP contribution in [0.3, 0.4) is 0 Å². The molecule has 0 fully saturated rings. The number of benzene rings is 1. The van der Waals surface area contributed by atoms with Gasteiger partial charge >= 0.3 is 0 Å². The molecule has 0 saturated heterocycles. The zero-order valence-corrected chi connectivity index (χ0v) is 12.1.